The molecule has 0 radical (unpaired) electrons. The molecule has 7 heteroatoms. The van der Waals surface area contributed by atoms with Gasteiger partial charge in [0.25, 0.3) is 6.43 Å². The van der Waals surface area contributed by atoms with Gasteiger partial charge in [-0.25, -0.2) is 8.78 Å². The molecule has 0 saturated carbocycles. The maximum atomic E-state index is 12.5. The van der Waals surface area contributed by atoms with E-state index in [0.29, 0.717) is 6.07 Å². The molecule has 0 bridgehead atoms. The van der Waals surface area contributed by atoms with Crippen LogP contribution >= 0.6 is 0 Å². The van der Waals surface area contributed by atoms with E-state index in [0.717, 1.165) is 6.92 Å². The van der Waals surface area contributed by atoms with Gasteiger partial charge in [0.2, 0.25) is 0 Å². The standard InChI is InChI=1S/C10H7F5O2/c1-4(16)5-3-8(17)6(9(11)12)2-7(5)10(13,14)15/h2-3,9,17H,1H3. The Morgan fingerprint density at radius 1 is 1.29 bits per heavy atom. The fourth-order valence-electron chi connectivity index (χ4n) is 1.31. The fraction of sp³-hybridized carbons (Fsp3) is 0.300. The van der Waals surface area contributed by atoms with Crippen LogP contribution in [0.4, 0.5) is 22.0 Å². The first-order valence-corrected chi connectivity index (χ1v) is 4.37. The molecular weight excluding hydrogens is 247 g/mol. The van der Waals surface area contributed by atoms with Crippen molar-refractivity contribution >= 4 is 5.78 Å². The second-order valence-electron chi connectivity index (χ2n) is 3.31. The summed E-state index contributed by atoms with van der Waals surface area (Å²) in [5.41, 5.74) is -3.46. The molecular formula is C10H7F5O2. The Hall–Kier alpha value is -1.66. The first kappa shape index (κ1) is 13.4. The number of carbonyl (C=O) groups excluding carboxylic acids is 1. The number of phenols is 1. The minimum atomic E-state index is -4.93. The molecule has 0 aliphatic heterocycles. The Morgan fingerprint density at radius 2 is 1.82 bits per heavy atom. The lowest BCUT2D eigenvalue weighted by atomic mass is 10.00. The summed E-state index contributed by atoms with van der Waals surface area (Å²) in [6.07, 6.45) is -8.18. The Balaban J connectivity index is 3.54. The molecule has 0 atom stereocenters. The van der Waals surface area contributed by atoms with Crippen LogP contribution in [0.2, 0.25) is 0 Å². The average molecular weight is 254 g/mol. The lowest BCUT2D eigenvalue weighted by Gasteiger charge is -2.14. The molecule has 0 heterocycles. The highest BCUT2D eigenvalue weighted by atomic mass is 19.4. The number of halogens is 5. The Kier molecular flexibility index (Phi) is 3.40. The van der Waals surface area contributed by atoms with Crippen molar-refractivity contribution in [1.82, 2.24) is 0 Å². The van der Waals surface area contributed by atoms with Crippen LogP contribution in [0.5, 0.6) is 5.75 Å². The molecule has 94 valence electrons. The second kappa shape index (κ2) is 4.31. The van der Waals surface area contributed by atoms with Gasteiger partial charge >= 0.3 is 6.18 Å². The van der Waals surface area contributed by atoms with Crippen molar-refractivity contribution in [2.45, 2.75) is 19.5 Å². The van der Waals surface area contributed by atoms with Crippen LogP contribution in [-0.4, -0.2) is 10.9 Å². The molecule has 0 aromatic heterocycles. The third-order valence-electron chi connectivity index (χ3n) is 2.09. The molecule has 0 aliphatic carbocycles. The third-order valence-corrected chi connectivity index (χ3v) is 2.09. The van der Waals surface area contributed by atoms with Gasteiger partial charge in [0.15, 0.2) is 5.78 Å². The van der Waals surface area contributed by atoms with Crippen molar-refractivity contribution in [1.29, 1.82) is 0 Å². The number of phenolic OH excluding ortho intramolecular Hbond substituents is 1. The predicted molar refractivity (Wildman–Crippen MR) is 48.1 cm³/mol. The number of alkyl halides is 5. The van der Waals surface area contributed by atoms with Crippen LogP contribution < -0.4 is 0 Å². The molecule has 1 N–H and O–H groups in total. The first-order chi connectivity index (χ1) is 7.64. The number of benzene rings is 1. The number of ketones is 1. The van der Waals surface area contributed by atoms with Gasteiger partial charge in [0.1, 0.15) is 5.75 Å². The smallest absolute Gasteiger partial charge is 0.417 e. The lowest BCUT2D eigenvalue weighted by Crippen LogP contribution is -2.12. The molecule has 1 aromatic rings. The van der Waals surface area contributed by atoms with Crippen LogP contribution in [0.15, 0.2) is 12.1 Å². The zero-order chi connectivity index (χ0) is 13.4. The van der Waals surface area contributed by atoms with Crippen molar-refractivity contribution in [3.05, 3.63) is 28.8 Å². The van der Waals surface area contributed by atoms with Crippen LogP contribution in [0.1, 0.15) is 34.8 Å². The van der Waals surface area contributed by atoms with Gasteiger partial charge in [-0.1, -0.05) is 0 Å². The molecule has 0 saturated heterocycles. The number of carbonyl (C=O) groups is 1. The van der Waals surface area contributed by atoms with E-state index in [1.807, 2.05) is 0 Å². The van der Waals surface area contributed by atoms with E-state index in [1.165, 1.54) is 0 Å². The Morgan fingerprint density at radius 3 is 2.18 bits per heavy atom. The topological polar surface area (TPSA) is 37.3 Å². The first-order valence-electron chi connectivity index (χ1n) is 4.37. The van der Waals surface area contributed by atoms with Crippen LogP contribution in [0, 0.1) is 0 Å². The van der Waals surface area contributed by atoms with Crippen LogP contribution in [0.3, 0.4) is 0 Å². The lowest BCUT2D eigenvalue weighted by molar-refractivity contribution is -0.138. The van der Waals surface area contributed by atoms with Gasteiger partial charge in [-0.3, -0.25) is 4.79 Å². The zero-order valence-electron chi connectivity index (χ0n) is 8.48. The second-order valence-corrected chi connectivity index (χ2v) is 3.31. The monoisotopic (exact) mass is 254 g/mol. The number of rotatable bonds is 2. The average Bonchev–Trinajstić information content (AvgIpc) is 2.14. The molecule has 1 aromatic carbocycles. The summed E-state index contributed by atoms with van der Waals surface area (Å²) in [7, 11) is 0. The fourth-order valence-corrected chi connectivity index (χ4v) is 1.31. The minimum absolute atomic E-state index is 0.0940. The summed E-state index contributed by atoms with van der Waals surface area (Å²) >= 11 is 0. The summed E-state index contributed by atoms with van der Waals surface area (Å²) in [5.74, 6) is -1.99. The quantitative estimate of drug-likeness (QED) is 0.647. The van der Waals surface area contributed by atoms with Gasteiger partial charge in [0, 0.05) is 5.56 Å². The van der Waals surface area contributed by atoms with Crippen molar-refractivity contribution in [2.75, 3.05) is 0 Å². The van der Waals surface area contributed by atoms with Crippen molar-refractivity contribution in [3.63, 3.8) is 0 Å². The third kappa shape index (κ3) is 2.72. The highest BCUT2D eigenvalue weighted by Crippen LogP contribution is 2.38. The molecule has 0 unspecified atom stereocenters. The normalized spacial score (nSPS) is 11.9. The number of hydrogen-bond acceptors (Lipinski definition) is 2. The van der Waals surface area contributed by atoms with E-state index in [1.54, 1.807) is 0 Å². The largest absolute Gasteiger partial charge is 0.507 e. The van der Waals surface area contributed by atoms with Gasteiger partial charge in [-0.15, -0.1) is 0 Å². The summed E-state index contributed by atoms with van der Waals surface area (Å²) in [5, 5.41) is 9.10. The maximum Gasteiger partial charge on any atom is 0.417 e. The SMILES string of the molecule is CC(=O)c1cc(O)c(C(F)F)cc1C(F)(F)F. The number of hydrogen-bond donors (Lipinski definition) is 1. The predicted octanol–water partition coefficient (Wildman–Crippen LogP) is 3.55. The summed E-state index contributed by atoms with van der Waals surface area (Å²) in [6.45, 7) is 0.853. The van der Waals surface area contributed by atoms with E-state index < -0.39 is 40.8 Å². The maximum absolute atomic E-state index is 12.5. The summed E-state index contributed by atoms with van der Waals surface area (Å²) < 4.78 is 62.1. The van der Waals surface area contributed by atoms with E-state index in [-0.39, 0.29) is 6.07 Å². The highest BCUT2D eigenvalue weighted by molar-refractivity contribution is 5.96. The highest BCUT2D eigenvalue weighted by Gasteiger charge is 2.36. The Labute approximate surface area is 92.7 Å². The molecule has 2 nitrogen and oxygen atoms in total. The van der Waals surface area contributed by atoms with Crippen molar-refractivity contribution in [2.24, 2.45) is 0 Å². The van der Waals surface area contributed by atoms with E-state index in [2.05, 4.69) is 0 Å². The molecule has 0 fully saturated rings. The number of Topliss-reactive ketones (excluding diaryl/α,β-unsaturated/α-hetero) is 1. The van der Waals surface area contributed by atoms with E-state index in [4.69, 9.17) is 5.11 Å². The van der Waals surface area contributed by atoms with Gasteiger partial charge in [-0.2, -0.15) is 13.2 Å². The van der Waals surface area contributed by atoms with Crippen molar-refractivity contribution < 1.29 is 31.9 Å². The van der Waals surface area contributed by atoms with Crippen LogP contribution in [-0.2, 0) is 6.18 Å². The van der Waals surface area contributed by atoms with Crippen LogP contribution in [0.25, 0.3) is 0 Å². The van der Waals surface area contributed by atoms with E-state index >= 15 is 0 Å². The molecule has 0 aliphatic rings. The Bertz CT molecular complexity index is 451. The van der Waals surface area contributed by atoms with Gasteiger partial charge in [-0.05, 0) is 19.1 Å². The molecule has 17 heavy (non-hydrogen) atoms. The molecule has 0 spiro atoms. The summed E-state index contributed by atoms with van der Waals surface area (Å²) in [4.78, 5) is 10.9. The minimum Gasteiger partial charge on any atom is -0.507 e. The molecule has 0 amide bonds. The van der Waals surface area contributed by atoms with Crippen molar-refractivity contribution in [3.8, 4) is 5.75 Å². The molecule has 1 rings (SSSR count). The number of aromatic hydroxyl groups is 1. The van der Waals surface area contributed by atoms with Gasteiger partial charge < -0.3 is 5.11 Å². The zero-order valence-corrected chi connectivity index (χ0v) is 8.48. The summed E-state index contributed by atoms with van der Waals surface area (Å²) in [6, 6.07) is 0.503. The van der Waals surface area contributed by atoms with E-state index in [9.17, 15) is 26.7 Å². The van der Waals surface area contributed by atoms with Gasteiger partial charge in [0.05, 0.1) is 11.1 Å².